The summed E-state index contributed by atoms with van der Waals surface area (Å²) < 4.78 is 0. The molecule has 0 unspecified atom stereocenters. The molecule has 0 radical (unpaired) electrons. The Kier molecular flexibility index (Phi) is 3.26. The van der Waals surface area contributed by atoms with Crippen LogP contribution in [0.3, 0.4) is 0 Å². The van der Waals surface area contributed by atoms with E-state index in [1.165, 1.54) is 0 Å². The molecule has 6 heteroatoms. The summed E-state index contributed by atoms with van der Waals surface area (Å²) in [4.78, 5) is 19.1. The maximum Gasteiger partial charge on any atom is 0.269 e. The smallest absolute Gasteiger partial charge is 0.269 e. The topological polar surface area (TPSA) is 69.8 Å². The van der Waals surface area contributed by atoms with Gasteiger partial charge in [0.05, 0.1) is 5.02 Å². The number of amides is 1. The van der Waals surface area contributed by atoms with Crippen molar-refractivity contribution in [3.05, 3.63) is 59.4 Å². The second kappa shape index (κ2) is 5.22. The van der Waals surface area contributed by atoms with E-state index in [9.17, 15) is 4.79 Å². The molecule has 100 valence electrons. The Morgan fingerprint density at radius 1 is 1.25 bits per heavy atom. The molecule has 5 nitrogen and oxygen atoms in total. The first-order valence-electron chi connectivity index (χ1n) is 5.98. The van der Waals surface area contributed by atoms with Crippen molar-refractivity contribution in [1.29, 1.82) is 0 Å². The summed E-state index contributed by atoms with van der Waals surface area (Å²) in [6, 6.07) is 10.8. The van der Waals surface area contributed by atoms with Gasteiger partial charge in [0.2, 0.25) is 0 Å². The minimum atomic E-state index is -0.261. The maximum atomic E-state index is 12.0. The van der Waals surface area contributed by atoms with Crippen LogP contribution in [0.4, 0.5) is 5.82 Å². The second-order valence-electron chi connectivity index (χ2n) is 4.19. The number of rotatable bonds is 3. The molecule has 20 heavy (non-hydrogen) atoms. The van der Waals surface area contributed by atoms with E-state index in [0.29, 0.717) is 16.4 Å². The number of hydrazine groups is 1. The van der Waals surface area contributed by atoms with Gasteiger partial charge >= 0.3 is 0 Å². The molecular weight excluding hydrogens is 276 g/mol. The molecule has 2 aromatic heterocycles. The van der Waals surface area contributed by atoms with Gasteiger partial charge in [-0.3, -0.25) is 15.6 Å². The lowest BCUT2D eigenvalue weighted by atomic mass is 10.1. The Morgan fingerprint density at radius 2 is 2.15 bits per heavy atom. The van der Waals surface area contributed by atoms with Crippen LogP contribution in [0, 0.1) is 0 Å². The van der Waals surface area contributed by atoms with Crippen molar-refractivity contribution in [1.82, 2.24) is 15.4 Å². The molecular formula is C14H11ClN4O. The van der Waals surface area contributed by atoms with E-state index in [-0.39, 0.29) is 5.91 Å². The van der Waals surface area contributed by atoms with Crippen LogP contribution >= 0.6 is 11.6 Å². The molecule has 2 heterocycles. The van der Waals surface area contributed by atoms with Crippen LogP contribution in [0.1, 0.15) is 10.4 Å². The minimum Gasteiger partial charge on any atom is -0.361 e. The normalized spacial score (nSPS) is 10.4. The molecule has 0 atom stereocenters. The lowest BCUT2D eigenvalue weighted by Gasteiger charge is -2.08. The van der Waals surface area contributed by atoms with Gasteiger partial charge in [-0.25, -0.2) is 4.98 Å². The highest BCUT2D eigenvalue weighted by Gasteiger charge is 2.07. The van der Waals surface area contributed by atoms with Crippen molar-refractivity contribution in [2.24, 2.45) is 0 Å². The summed E-state index contributed by atoms with van der Waals surface area (Å²) in [7, 11) is 0. The number of nitrogens with one attached hydrogen (secondary N) is 3. The number of pyridine rings is 1. The molecule has 0 aliphatic heterocycles. The number of carbonyl (C=O) groups is 1. The number of hydrogen-bond acceptors (Lipinski definition) is 3. The SMILES string of the molecule is O=C(NNc1ncccc1Cl)c1ccc2cc[nH]c2c1. The predicted molar refractivity (Wildman–Crippen MR) is 78.6 cm³/mol. The summed E-state index contributed by atoms with van der Waals surface area (Å²) in [5, 5.41) is 1.50. The standard InChI is InChI=1S/C14H11ClN4O/c15-11-2-1-6-17-13(11)18-19-14(20)10-4-3-9-5-7-16-12(9)8-10/h1-8,16H,(H,17,18)(H,19,20). The van der Waals surface area contributed by atoms with Crippen molar-refractivity contribution >= 4 is 34.2 Å². The van der Waals surface area contributed by atoms with Gasteiger partial charge in [-0.1, -0.05) is 17.7 Å². The Hall–Kier alpha value is -2.53. The number of hydrogen-bond donors (Lipinski definition) is 3. The van der Waals surface area contributed by atoms with Crippen molar-refractivity contribution < 1.29 is 4.79 Å². The molecule has 0 saturated heterocycles. The van der Waals surface area contributed by atoms with Crippen LogP contribution in [-0.4, -0.2) is 15.9 Å². The van der Waals surface area contributed by atoms with E-state index in [0.717, 1.165) is 10.9 Å². The van der Waals surface area contributed by atoms with Gasteiger partial charge in [0, 0.05) is 23.5 Å². The fraction of sp³-hybridized carbons (Fsp3) is 0. The van der Waals surface area contributed by atoms with Gasteiger partial charge in [-0.15, -0.1) is 0 Å². The van der Waals surface area contributed by atoms with Gasteiger partial charge in [-0.05, 0) is 35.7 Å². The van der Waals surface area contributed by atoms with Crippen molar-refractivity contribution in [3.8, 4) is 0 Å². The van der Waals surface area contributed by atoms with E-state index in [2.05, 4.69) is 20.8 Å². The Labute approximate surface area is 119 Å². The molecule has 0 bridgehead atoms. The zero-order valence-electron chi connectivity index (χ0n) is 10.4. The van der Waals surface area contributed by atoms with Crippen molar-refractivity contribution in [2.45, 2.75) is 0 Å². The summed E-state index contributed by atoms with van der Waals surface area (Å²) >= 11 is 5.94. The number of halogens is 1. The highest BCUT2D eigenvalue weighted by Crippen LogP contribution is 2.17. The number of H-pyrrole nitrogens is 1. The lowest BCUT2D eigenvalue weighted by molar-refractivity contribution is 0.0962. The molecule has 3 aromatic rings. The largest absolute Gasteiger partial charge is 0.361 e. The Balaban J connectivity index is 1.74. The van der Waals surface area contributed by atoms with Gasteiger partial charge in [-0.2, -0.15) is 0 Å². The first kappa shape index (κ1) is 12.5. The number of nitrogens with zero attached hydrogens (tertiary/aromatic N) is 1. The average molecular weight is 287 g/mol. The van der Waals surface area contributed by atoms with E-state index >= 15 is 0 Å². The zero-order chi connectivity index (χ0) is 13.9. The van der Waals surface area contributed by atoms with Gasteiger partial charge in [0.25, 0.3) is 5.91 Å². The second-order valence-corrected chi connectivity index (χ2v) is 4.60. The van der Waals surface area contributed by atoms with Crippen LogP contribution in [0.25, 0.3) is 10.9 Å². The van der Waals surface area contributed by atoms with Gasteiger partial charge in [0.1, 0.15) is 0 Å². The van der Waals surface area contributed by atoms with Crippen LogP contribution in [-0.2, 0) is 0 Å². The molecule has 0 fully saturated rings. The van der Waals surface area contributed by atoms with E-state index < -0.39 is 0 Å². The number of carbonyl (C=O) groups excluding carboxylic acids is 1. The third-order valence-corrected chi connectivity index (χ3v) is 3.18. The molecule has 1 amide bonds. The number of benzene rings is 1. The summed E-state index contributed by atoms with van der Waals surface area (Å²) in [6.07, 6.45) is 3.42. The van der Waals surface area contributed by atoms with Crippen molar-refractivity contribution in [3.63, 3.8) is 0 Å². The van der Waals surface area contributed by atoms with Crippen molar-refractivity contribution in [2.75, 3.05) is 5.43 Å². The fourth-order valence-corrected chi connectivity index (χ4v) is 2.02. The first-order valence-corrected chi connectivity index (χ1v) is 6.36. The molecule has 3 N–H and O–H groups in total. The number of aromatic amines is 1. The third kappa shape index (κ3) is 2.44. The first-order chi connectivity index (χ1) is 9.74. The molecule has 0 aliphatic rings. The van der Waals surface area contributed by atoms with E-state index in [1.54, 1.807) is 30.5 Å². The van der Waals surface area contributed by atoms with Crippen LogP contribution in [0.2, 0.25) is 5.02 Å². The Bertz CT molecular complexity index is 768. The molecule has 0 spiro atoms. The van der Waals surface area contributed by atoms with E-state index in [1.807, 2.05) is 18.3 Å². The Morgan fingerprint density at radius 3 is 3.00 bits per heavy atom. The quantitative estimate of drug-likeness (QED) is 0.648. The zero-order valence-corrected chi connectivity index (χ0v) is 11.1. The maximum absolute atomic E-state index is 12.0. The molecule has 0 aliphatic carbocycles. The summed E-state index contributed by atoms with van der Waals surface area (Å²) in [5.41, 5.74) is 6.72. The lowest BCUT2D eigenvalue weighted by Crippen LogP contribution is -2.29. The highest BCUT2D eigenvalue weighted by molar-refractivity contribution is 6.32. The molecule has 0 saturated carbocycles. The number of fused-ring (bicyclic) bond motifs is 1. The fourth-order valence-electron chi connectivity index (χ4n) is 1.85. The predicted octanol–water partition coefficient (Wildman–Crippen LogP) is 2.97. The number of anilines is 1. The number of aromatic nitrogens is 2. The average Bonchev–Trinajstić information content (AvgIpc) is 2.93. The van der Waals surface area contributed by atoms with Gasteiger partial charge in [0.15, 0.2) is 5.82 Å². The van der Waals surface area contributed by atoms with Crippen LogP contribution < -0.4 is 10.9 Å². The van der Waals surface area contributed by atoms with Gasteiger partial charge < -0.3 is 4.98 Å². The molecule has 3 rings (SSSR count). The van der Waals surface area contributed by atoms with E-state index in [4.69, 9.17) is 11.6 Å². The molecule has 1 aromatic carbocycles. The minimum absolute atomic E-state index is 0.261. The van der Waals surface area contributed by atoms with Crippen LogP contribution in [0.15, 0.2) is 48.8 Å². The summed E-state index contributed by atoms with van der Waals surface area (Å²) in [6.45, 7) is 0. The highest BCUT2D eigenvalue weighted by atomic mass is 35.5. The monoisotopic (exact) mass is 286 g/mol. The third-order valence-electron chi connectivity index (χ3n) is 2.87. The summed E-state index contributed by atoms with van der Waals surface area (Å²) in [5.74, 6) is 0.145. The van der Waals surface area contributed by atoms with Crippen LogP contribution in [0.5, 0.6) is 0 Å².